The first kappa shape index (κ1) is 21.2. The topological polar surface area (TPSA) is 73.9 Å². The fraction of sp³-hybridized carbons (Fsp3) is 0.333. The van der Waals surface area contributed by atoms with Crippen molar-refractivity contribution >= 4 is 11.9 Å². The van der Waals surface area contributed by atoms with Gasteiger partial charge in [-0.05, 0) is 56.2 Å². The molecule has 0 aromatic heterocycles. The SMILES string of the molecule is CCOc1ccc(CCNC(=O)COC(=O)c2cccc(F)c2)cc1OCC. The van der Waals surface area contributed by atoms with Crippen LogP contribution in [0.3, 0.4) is 0 Å². The highest BCUT2D eigenvalue weighted by Crippen LogP contribution is 2.28. The van der Waals surface area contributed by atoms with Crippen LogP contribution in [0.25, 0.3) is 0 Å². The summed E-state index contributed by atoms with van der Waals surface area (Å²) in [6.07, 6.45) is 0.579. The third-order valence-electron chi connectivity index (χ3n) is 3.74. The quantitative estimate of drug-likeness (QED) is 0.632. The van der Waals surface area contributed by atoms with Gasteiger partial charge in [-0.25, -0.2) is 9.18 Å². The van der Waals surface area contributed by atoms with Gasteiger partial charge < -0.3 is 19.5 Å². The maximum Gasteiger partial charge on any atom is 0.338 e. The van der Waals surface area contributed by atoms with E-state index >= 15 is 0 Å². The molecule has 0 unspecified atom stereocenters. The van der Waals surface area contributed by atoms with Crippen LogP contribution >= 0.6 is 0 Å². The van der Waals surface area contributed by atoms with Crippen molar-refractivity contribution in [3.63, 3.8) is 0 Å². The summed E-state index contributed by atoms with van der Waals surface area (Å²) >= 11 is 0. The number of ether oxygens (including phenoxy) is 3. The summed E-state index contributed by atoms with van der Waals surface area (Å²) in [4.78, 5) is 23.6. The second-order valence-electron chi connectivity index (χ2n) is 5.83. The molecule has 0 fully saturated rings. The molecule has 1 N–H and O–H groups in total. The van der Waals surface area contributed by atoms with Gasteiger partial charge in [-0.1, -0.05) is 12.1 Å². The second-order valence-corrected chi connectivity index (χ2v) is 5.83. The Labute approximate surface area is 163 Å². The summed E-state index contributed by atoms with van der Waals surface area (Å²) < 4.78 is 29.1. The molecule has 150 valence electrons. The number of esters is 1. The normalized spacial score (nSPS) is 10.2. The number of hydrogen-bond acceptors (Lipinski definition) is 5. The monoisotopic (exact) mass is 389 g/mol. The van der Waals surface area contributed by atoms with E-state index in [4.69, 9.17) is 14.2 Å². The zero-order valence-corrected chi connectivity index (χ0v) is 16.0. The molecule has 6 nitrogen and oxygen atoms in total. The van der Waals surface area contributed by atoms with Gasteiger partial charge in [-0.15, -0.1) is 0 Å². The minimum atomic E-state index is -0.748. The number of hydrogen-bond donors (Lipinski definition) is 1. The second kappa shape index (κ2) is 10.9. The minimum Gasteiger partial charge on any atom is -0.490 e. The van der Waals surface area contributed by atoms with Gasteiger partial charge in [0.1, 0.15) is 5.82 Å². The van der Waals surface area contributed by atoms with Crippen LogP contribution in [0, 0.1) is 5.82 Å². The van der Waals surface area contributed by atoms with Crippen molar-refractivity contribution in [2.24, 2.45) is 0 Å². The first-order valence-corrected chi connectivity index (χ1v) is 9.11. The van der Waals surface area contributed by atoms with Crippen molar-refractivity contribution in [2.45, 2.75) is 20.3 Å². The third-order valence-corrected chi connectivity index (χ3v) is 3.74. The molecule has 0 atom stereocenters. The molecule has 0 saturated carbocycles. The van der Waals surface area contributed by atoms with Crippen LogP contribution in [0.15, 0.2) is 42.5 Å². The number of halogens is 1. The van der Waals surface area contributed by atoms with Gasteiger partial charge in [0.15, 0.2) is 18.1 Å². The van der Waals surface area contributed by atoms with Crippen LogP contribution in [0.1, 0.15) is 29.8 Å². The molecular weight excluding hydrogens is 365 g/mol. The third kappa shape index (κ3) is 6.57. The van der Waals surface area contributed by atoms with Crippen molar-refractivity contribution in [3.8, 4) is 11.5 Å². The van der Waals surface area contributed by atoms with Crippen molar-refractivity contribution in [1.29, 1.82) is 0 Å². The zero-order chi connectivity index (χ0) is 20.4. The van der Waals surface area contributed by atoms with E-state index in [2.05, 4.69) is 5.32 Å². The van der Waals surface area contributed by atoms with Crippen LogP contribution in [0.4, 0.5) is 4.39 Å². The fourth-order valence-electron chi connectivity index (χ4n) is 2.48. The lowest BCUT2D eigenvalue weighted by atomic mass is 10.1. The van der Waals surface area contributed by atoms with Gasteiger partial charge in [0.25, 0.3) is 5.91 Å². The first-order chi connectivity index (χ1) is 13.5. The maximum absolute atomic E-state index is 13.1. The molecule has 0 aliphatic heterocycles. The van der Waals surface area contributed by atoms with Crippen molar-refractivity contribution in [2.75, 3.05) is 26.4 Å². The van der Waals surface area contributed by atoms with Crippen LogP contribution in [0.5, 0.6) is 11.5 Å². The molecule has 0 saturated heterocycles. The average molecular weight is 389 g/mol. The number of nitrogens with one attached hydrogen (secondary N) is 1. The molecule has 2 aromatic rings. The van der Waals surface area contributed by atoms with Crippen molar-refractivity contribution < 1.29 is 28.2 Å². The van der Waals surface area contributed by atoms with E-state index in [0.29, 0.717) is 37.7 Å². The van der Waals surface area contributed by atoms with E-state index in [1.807, 2.05) is 32.0 Å². The lowest BCUT2D eigenvalue weighted by molar-refractivity contribution is -0.124. The Bertz CT molecular complexity index is 809. The maximum atomic E-state index is 13.1. The Morgan fingerprint density at radius 3 is 2.46 bits per heavy atom. The lowest BCUT2D eigenvalue weighted by Crippen LogP contribution is -2.30. The van der Waals surface area contributed by atoms with E-state index in [0.717, 1.165) is 11.6 Å². The minimum absolute atomic E-state index is 0.0608. The first-order valence-electron chi connectivity index (χ1n) is 9.11. The van der Waals surface area contributed by atoms with Gasteiger partial charge in [0.05, 0.1) is 18.8 Å². The van der Waals surface area contributed by atoms with E-state index < -0.39 is 24.3 Å². The van der Waals surface area contributed by atoms with E-state index in [1.54, 1.807) is 0 Å². The summed E-state index contributed by atoms with van der Waals surface area (Å²) in [5.41, 5.74) is 1.04. The number of carbonyl (C=O) groups is 2. The predicted molar refractivity (Wildman–Crippen MR) is 102 cm³/mol. The van der Waals surface area contributed by atoms with Crippen LogP contribution < -0.4 is 14.8 Å². The number of amides is 1. The Hall–Kier alpha value is -3.09. The molecule has 28 heavy (non-hydrogen) atoms. The lowest BCUT2D eigenvalue weighted by Gasteiger charge is -2.12. The summed E-state index contributed by atoms with van der Waals surface area (Å²) in [5.74, 6) is -0.373. The average Bonchev–Trinajstić information content (AvgIpc) is 2.68. The molecule has 2 rings (SSSR count). The molecule has 0 heterocycles. The Morgan fingerprint density at radius 1 is 1.00 bits per heavy atom. The highest BCUT2D eigenvalue weighted by molar-refractivity contribution is 5.91. The molecule has 0 aliphatic rings. The zero-order valence-electron chi connectivity index (χ0n) is 16.0. The molecular formula is C21H24FNO5. The van der Waals surface area contributed by atoms with E-state index in [1.165, 1.54) is 18.2 Å². The number of rotatable bonds is 10. The van der Waals surface area contributed by atoms with E-state index in [9.17, 15) is 14.0 Å². The van der Waals surface area contributed by atoms with Crippen LogP contribution in [-0.2, 0) is 16.0 Å². The Kier molecular flexibility index (Phi) is 8.27. The highest BCUT2D eigenvalue weighted by Gasteiger charge is 2.11. The largest absolute Gasteiger partial charge is 0.490 e. The van der Waals surface area contributed by atoms with Crippen LogP contribution in [-0.4, -0.2) is 38.2 Å². The molecule has 1 amide bonds. The molecule has 0 radical (unpaired) electrons. The number of carbonyl (C=O) groups excluding carboxylic acids is 2. The van der Waals surface area contributed by atoms with Crippen molar-refractivity contribution in [3.05, 3.63) is 59.4 Å². The summed E-state index contributed by atoms with van der Waals surface area (Å²) in [7, 11) is 0. The van der Waals surface area contributed by atoms with Gasteiger partial charge >= 0.3 is 5.97 Å². The van der Waals surface area contributed by atoms with Crippen molar-refractivity contribution in [1.82, 2.24) is 5.32 Å². The van der Waals surface area contributed by atoms with Gasteiger partial charge in [0, 0.05) is 6.54 Å². The molecule has 0 bridgehead atoms. The number of benzene rings is 2. The molecule has 0 aliphatic carbocycles. The standard InChI is InChI=1S/C21H24FNO5/c1-3-26-18-9-8-15(12-19(18)27-4-2)10-11-23-20(24)14-28-21(25)16-6-5-7-17(22)13-16/h5-9,12-13H,3-4,10-11,14H2,1-2H3,(H,23,24). The molecule has 2 aromatic carbocycles. The molecule has 0 spiro atoms. The molecule has 7 heteroatoms. The fourth-order valence-corrected chi connectivity index (χ4v) is 2.48. The van der Waals surface area contributed by atoms with Crippen LogP contribution in [0.2, 0.25) is 0 Å². The summed E-state index contributed by atoms with van der Waals surface area (Å²) in [6.45, 7) is 4.81. The predicted octanol–water partition coefficient (Wildman–Crippen LogP) is 3.14. The summed E-state index contributed by atoms with van der Waals surface area (Å²) in [6, 6.07) is 10.7. The Morgan fingerprint density at radius 2 is 1.75 bits per heavy atom. The van der Waals surface area contributed by atoms with E-state index in [-0.39, 0.29) is 5.56 Å². The highest BCUT2D eigenvalue weighted by atomic mass is 19.1. The van der Waals surface area contributed by atoms with Gasteiger partial charge in [-0.2, -0.15) is 0 Å². The smallest absolute Gasteiger partial charge is 0.338 e. The van der Waals surface area contributed by atoms with Gasteiger partial charge in [-0.3, -0.25) is 4.79 Å². The van der Waals surface area contributed by atoms with Gasteiger partial charge in [0.2, 0.25) is 0 Å². The summed E-state index contributed by atoms with van der Waals surface area (Å²) in [5, 5.41) is 2.68. The Balaban J connectivity index is 1.78.